The van der Waals surface area contributed by atoms with Crippen LogP contribution < -0.4 is 15.5 Å². The van der Waals surface area contributed by atoms with Crippen molar-refractivity contribution in [1.29, 1.82) is 0 Å². The minimum absolute atomic E-state index is 0.0246. The molecule has 5 nitrogen and oxygen atoms in total. The molecule has 7 heteroatoms. The van der Waals surface area contributed by atoms with Gasteiger partial charge in [0.05, 0.1) is 6.10 Å². The number of rotatable bonds is 3. The third-order valence-corrected chi connectivity index (χ3v) is 4.81. The molecular formula is C17H23F2N3O2. The Kier molecular flexibility index (Phi) is 5.18. The lowest BCUT2D eigenvalue weighted by Crippen LogP contribution is -2.48. The maximum atomic E-state index is 13.8. The van der Waals surface area contributed by atoms with Gasteiger partial charge in [-0.2, -0.15) is 0 Å². The van der Waals surface area contributed by atoms with E-state index >= 15 is 0 Å². The highest BCUT2D eigenvalue weighted by Gasteiger charge is 2.28. The highest BCUT2D eigenvalue weighted by atomic mass is 19.1. The zero-order valence-corrected chi connectivity index (χ0v) is 13.5. The van der Waals surface area contributed by atoms with Gasteiger partial charge < -0.3 is 20.6 Å². The molecular weight excluding hydrogens is 316 g/mol. The molecule has 0 aromatic heterocycles. The van der Waals surface area contributed by atoms with Crippen LogP contribution in [0.1, 0.15) is 32.1 Å². The van der Waals surface area contributed by atoms with Gasteiger partial charge in [0.2, 0.25) is 0 Å². The Labute approximate surface area is 140 Å². The Balaban J connectivity index is 1.50. The minimum atomic E-state index is -0.583. The standard InChI is InChI=1S/C17H23F2N3O2/c18-14-2-1-3-15(19)16(14)22-9-8-12(10-22)21-17(24)20-11-4-6-13(23)7-5-11/h1-3,11-13,23H,4-10H2,(H2,20,21,24). The summed E-state index contributed by atoms with van der Waals surface area (Å²) in [5, 5.41) is 15.3. The predicted molar refractivity (Wildman–Crippen MR) is 86.9 cm³/mol. The Bertz CT molecular complexity index is 571. The topological polar surface area (TPSA) is 64.6 Å². The molecule has 1 aliphatic carbocycles. The average molecular weight is 339 g/mol. The summed E-state index contributed by atoms with van der Waals surface area (Å²) in [5.41, 5.74) is -0.0246. The van der Waals surface area contributed by atoms with Crippen molar-refractivity contribution in [3.63, 3.8) is 0 Å². The van der Waals surface area contributed by atoms with Gasteiger partial charge in [-0.05, 0) is 44.2 Å². The van der Waals surface area contributed by atoms with Gasteiger partial charge >= 0.3 is 6.03 Å². The molecule has 3 rings (SSSR count). The van der Waals surface area contributed by atoms with Crippen LogP contribution in [0.15, 0.2) is 18.2 Å². The number of halogens is 2. The number of urea groups is 1. The fourth-order valence-electron chi connectivity index (χ4n) is 3.50. The van der Waals surface area contributed by atoms with Crippen molar-refractivity contribution < 1.29 is 18.7 Å². The Morgan fingerprint density at radius 3 is 2.33 bits per heavy atom. The number of aliphatic hydroxyl groups is 1. The summed E-state index contributed by atoms with van der Waals surface area (Å²) >= 11 is 0. The van der Waals surface area contributed by atoms with E-state index in [-0.39, 0.29) is 29.9 Å². The molecule has 0 bridgehead atoms. The minimum Gasteiger partial charge on any atom is -0.393 e. The van der Waals surface area contributed by atoms with E-state index in [1.54, 1.807) is 4.90 Å². The fourth-order valence-corrected chi connectivity index (χ4v) is 3.50. The molecule has 3 N–H and O–H groups in total. The van der Waals surface area contributed by atoms with Gasteiger partial charge in [-0.3, -0.25) is 0 Å². The summed E-state index contributed by atoms with van der Waals surface area (Å²) < 4.78 is 27.7. The third kappa shape index (κ3) is 3.95. The van der Waals surface area contributed by atoms with Gasteiger partial charge in [0.15, 0.2) is 0 Å². The number of anilines is 1. The van der Waals surface area contributed by atoms with E-state index in [0.717, 1.165) is 12.8 Å². The monoisotopic (exact) mass is 339 g/mol. The lowest BCUT2D eigenvalue weighted by molar-refractivity contribution is 0.117. The average Bonchev–Trinajstić information content (AvgIpc) is 2.97. The lowest BCUT2D eigenvalue weighted by Gasteiger charge is -2.27. The number of hydrogen-bond donors (Lipinski definition) is 3. The Morgan fingerprint density at radius 1 is 1.04 bits per heavy atom. The van der Waals surface area contributed by atoms with Crippen molar-refractivity contribution in [2.75, 3.05) is 18.0 Å². The van der Waals surface area contributed by atoms with Crippen LogP contribution in [-0.2, 0) is 0 Å². The smallest absolute Gasteiger partial charge is 0.315 e. The molecule has 24 heavy (non-hydrogen) atoms. The van der Waals surface area contributed by atoms with Crippen LogP contribution in [0.2, 0.25) is 0 Å². The zero-order valence-electron chi connectivity index (χ0n) is 13.5. The van der Waals surface area contributed by atoms with E-state index in [1.807, 2.05) is 0 Å². The first-order chi connectivity index (χ1) is 11.5. The molecule has 1 saturated carbocycles. The van der Waals surface area contributed by atoms with E-state index in [4.69, 9.17) is 0 Å². The molecule has 1 saturated heterocycles. The number of para-hydroxylation sites is 1. The van der Waals surface area contributed by atoms with E-state index in [2.05, 4.69) is 10.6 Å². The van der Waals surface area contributed by atoms with Gasteiger partial charge in [0.1, 0.15) is 17.3 Å². The first-order valence-corrected chi connectivity index (χ1v) is 8.47. The second-order valence-corrected chi connectivity index (χ2v) is 6.63. The van der Waals surface area contributed by atoms with Crippen molar-refractivity contribution in [2.45, 2.75) is 50.3 Å². The number of nitrogens with one attached hydrogen (secondary N) is 2. The summed E-state index contributed by atoms with van der Waals surface area (Å²) in [6.45, 7) is 0.882. The zero-order chi connectivity index (χ0) is 17.1. The lowest BCUT2D eigenvalue weighted by atomic mass is 9.93. The van der Waals surface area contributed by atoms with Crippen LogP contribution in [0, 0.1) is 11.6 Å². The van der Waals surface area contributed by atoms with Crippen LogP contribution in [0.4, 0.5) is 19.3 Å². The highest BCUT2D eigenvalue weighted by molar-refractivity contribution is 5.74. The van der Waals surface area contributed by atoms with Crippen molar-refractivity contribution in [3.8, 4) is 0 Å². The number of benzene rings is 1. The van der Waals surface area contributed by atoms with Crippen molar-refractivity contribution in [2.24, 2.45) is 0 Å². The third-order valence-electron chi connectivity index (χ3n) is 4.81. The summed E-state index contributed by atoms with van der Waals surface area (Å²) in [6, 6.07) is 3.51. The number of nitrogens with zero attached hydrogens (tertiary/aromatic N) is 1. The van der Waals surface area contributed by atoms with E-state index in [9.17, 15) is 18.7 Å². The number of aliphatic hydroxyl groups excluding tert-OH is 1. The van der Waals surface area contributed by atoms with Crippen molar-refractivity contribution in [3.05, 3.63) is 29.8 Å². The summed E-state index contributed by atoms with van der Waals surface area (Å²) in [6.07, 6.45) is 3.33. The second kappa shape index (κ2) is 7.34. The van der Waals surface area contributed by atoms with Crippen molar-refractivity contribution in [1.82, 2.24) is 10.6 Å². The second-order valence-electron chi connectivity index (χ2n) is 6.63. The van der Waals surface area contributed by atoms with Crippen LogP contribution in [0.5, 0.6) is 0 Å². The molecule has 1 aromatic carbocycles. The van der Waals surface area contributed by atoms with E-state index in [1.165, 1.54) is 18.2 Å². The Hall–Kier alpha value is -1.89. The first-order valence-electron chi connectivity index (χ1n) is 8.47. The van der Waals surface area contributed by atoms with Crippen LogP contribution in [0.3, 0.4) is 0 Å². The molecule has 0 spiro atoms. The summed E-state index contributed by atoms with van der Waals surface area (Å²) in [5.74, 6) is -1.17. The maximum Gasteiger partial charge on any atom is 0.315 e. The van der Waals surface area contributed by atoms with Gasteiger partial charge in [0, 0.05) is 25.2 Å². The SMILES string of the molecule is O=C(NC1CCC(O)CC1)NC1CCN(c2c(F)cccc2F)C1. The van der Waals surface area contributed by atoms with E-state index in [0.29, 0.717) is 32.4 Å². The fraction of sp³-hybridized carbons (Fsp3) is 0.588. The van der Waals surface area contributed by atoms with Gasteiger partial charge in [-0.1, -0.05) is 6.07 Å². The summed E-state index contributed by atoms with van der Waals surface area (Å²) in [7, 11) is 0. The molecule has 1 unspecified atom stereocenters. The van der Waals surface area contributed by atoms with Crippen LogP contribution in [0.25, 0.3) is 0 Å². The molecule has 1 heterocycles. The Morgan fingerprint density at radius 2 is 1.67 bits per heavy atom. The van der Waals surface area contributed by atoms with Crippen LogP contribution >= 0.6 is 0 Å². The van der Waals surface area contributed by atoms with E-state index < -0.39 is 11.6 Å². The van der Waals surface area contributed by atoms with Gasteiger partial charge in [-0.15, -0.1) is 0 Å². The molecule has 2 fully saturated rings. The predicted octanol–water partition coefficient (Wildman–Crippen LogP) is 2.15. The molecule has 2 aliphatic rings. The summed E-state index contributed by atoms with van der Waals surface area (Å²) in [4.78, 5) is 13.7. The van der Waals surface area contributed by atoms with Gasteiger partial charge in [0.25, 0.3) is 0 Å². The molecule has 0 radical (unpaired) electrons. The van der Waals surface area contributed by atoms with Crippen LogP contribution in [-0.4, -0.2) is 42.4 Å². The quantitative estimate of drug-likeness (QED) is 0.791. The van der Waals surface area contributed by atoms with Crippen molar-refractivity contribution >= 4 is 11.7 Å². The molecule has 2 amide bonds. The molecule has 1 aromatic rings. The molecule has 1 atom stereocenters. The number of carbonyl (C=O) groups is 1. The van der Waals surface area contributed by atoms with Gasteiger partial charge in [-0.25, -0.2) is 13.6 Å². The number of hydrogen-bond acceptors (Lipinski definition) is 3. The highest BCUT2D eigenvalue weighted by Crippen LogP contribution is 2.26. The number of amides is 2. The first kappa shape index (κ1) is 17.0. The molecule has 1 aliphatic heterocycles. The maximum absolute atomic E-state index is 13.8. The number of carbonyl (C=O) groups excluding carboxylic acids is 1. The largest absolute Gasteiger partial charge is 0.393 e. The molecule has 132 valence electrons. The normalized spacial score (nSPS) is 27.1.